The Labute approximate surface area is 226 Å². The first kappa shape index (κ1) is 26.3. The highest BCUT2D eigenvalue weighted by molar-refractivity contribution is 6.64. The minimum absolute atomic E-state index is 0.122. The summed E-state index contributed by atoms with van der Waals surface area (Å²) >= 11 is 18.8. The van der Waals surface area contributed by atoms with Gasteiger partial charge < -0.3 is 9.47 Å². The van der Waals surface area contributed by atoms with Gasteiger partial charge >= 0.3 is 5.37 Å². The van der Waals surface area contributed by atoms with E-state index in [0.717, 1.165) is 11.1 Å². The summed E-state index contributed by atoms with van der Waals surface area (Å²) in [7, 11) is 1.59. The zero-order chi connectivity index (χ0) is 26.3. The Balaban J connectivity index is 2.03. The van der Waals surface area contributed by atoms with Crippen LogP contribution >= 0.6 is 34.8 Å². The van der Waals surface area contributed by atoms with Crippen LogP contribution in [0, 0.1) is 0 Å². The molecule has 0 saturated carbocycles. The molecule has 0 bridgehead atoms. The van der Waals surface area contributed by atoms with Gasteiger partial charge in [-0.3, -0.25) is 14.7 Å². The van der Waals surface area contributed by atoms with Crippen molar-refractivity contribution in [1.29, 1.82) is 0 Å². The van der Waals surface area contributed by atoms with E-state index in [4.69, 9.17) is 49.3 Å². The molecule has 2 unspecified atom stereocenters. The number of amidine groups is 1. The Morgan fingerprint density at radius 2 is 1.47 bits per heavy atom. The van der Waals surface area contributed by atoms with Crippen molar-refractivity contribution < 1.29 is 14.3 Å². The molecule has 0 saturated heterocycles. The second-order valence-electron chi connectivity index (χ2n) is 9.21. The van der Waals surface area contributed by atoms with Gasteiger partial charge in [-0.2, -0.15) is 0 Å². The van der Waals surface area contributed by atoms with Crippen LogP contribution in [0.1, 0.15) is 44.4 Å². The number of amides is 1. The minimum atomic E-state index is -1.02. The first-order valence-corrected chi connectivity index (χ1v) is 12.6. The third-order valence-corrected chi connectivity index (χ3v) is 7.39. The molecule has 4 rings (SSSR count). The van der Waals surface area contributed by atoms with E-state index < -0.39 is 16.4 Å². The van der Waals surface area contributed by atoms with Crippen LogP contribution in [0.15, 0.2) is 71.7 Å². The summed E-state index contributed by atoms with van der Waals surface area (Å²) in [5.74, 6) is 1.55. The standard InChI is InChI=1S/C28H27Cl3N2O3/c1-17(2)36-24-16-22(35-5)14-15-23(24)25-32-27(3,18-6-10-20(29)11-7-18)28(4,33(25)26(31)34)19-8-12-21(30)13-9-19/h6-17H,1-5H3. The molecular weight excluding hydrogens is 519 g/mol. The number of methoxy groups -OCH3 is 1. The number of hydrogen-bond donors (Lipinski definition) is 0. The number of halogens is 3. The SMILES string of the molecule is COc1ccc(C2=NC(C)(c3ccc(Cl)cc3)C(C)(c3ccc(Cl)cc3)N2C(=O)Cl)c(OC(C)C)c1. The molecule has 36 heavy (non-hydrogen) atoms. The lowest BCUT2D eigenvalue weighted by atomic mass is 9.71. The Hall–Kier alpha value is -2.73. The van der Waals surface area contributed by atoms with Gasteiger partial charge in [0.05, 0.1) is 18.8 Å². The molecule has 0 aliphatic carbocycles. The molecule has 0 spiro atoms. The van der Waals surface area contributed by atoms with Gasteiger partial charge in [-0.05, 0) is 86.8 Å². The van der Waals surface area contributed by atoms with Crippen molar-refractivity contribution in [1.82, 2.24) is 4.90 Å². The summed E-state index contributed by atoms with van der Waals surface area (Å²) in [5.41, 5.74) is 0.338. The summed E-state index contributed by atoms with van der Waals surface area (Å²) in [6, 6.07) is 20.2. The maximum Gasteiger partial charge on any atom is 0.322 e. The summed E-state index contributed by atoms with van der Waals surface area (Å²) in [6.07, 6.45) is -0.122. The maximum atomic E-state index is 13.2. The second-order valence-corrected chi connectivity index (χ2v) is 10.4. The molecule has 5 nitrogen and oxygen atoms in total. The lowest BCUT2D eigenvalue weighted by Gasteiger charge is -2.44. The summed E-state index contributed by atoms with van der Waals surface area (Å²) in [6.45, 7) is 7.80. The van der Waals surface area contributed by atoms with Crippen LogP contribution in [0.4, 0.5) is 4.79 Å². The average molecular weight is 546 g/mol. The van der Waals surface area contributed by atoms with Gasteiger partial charge in [0.15, 0.2) is 0 Å². The number of carbonyl (C=O) groups excluding carboxylic acids is 1. The van der Waals surface area contributed by atoms with E-state index in [2.05, 4.69) is 0 Å². The van der Waals surface area contributed by atoms with Crippen molar-refractivity contribution in [3.63, 3.8) is 0 Å². The maximum absolute atomic E-state index is 13.2. The highest BCUT2D eigenvalue weighted by atomic mass is 35.5. The molecule has 0 fully saturated rings. The fourth-order valence-electron chi connectivity index (χ4n) is 4.71. The molecule has 0 radical (unpaired) electrons. The van der Waals surface area contributed by atoms with Crippen molar-refractivity contribution in [2.45, 2.75) is 44.9 Å². The highest BCUT2D eigenvalue weighted by Gasteiger charge is 2.59. The van der Waals surface area contributed by atoms with E-state index in [1.807, 2.05) is 70.2 Å². The van der Waals surface area contributed by atoms with Crippen LogP contribution in [0.3, 0.4) is 0 Å². The van der Waals surface area contributed by atoms with E-state index >= 15 is 0 Å². The van der Waals surface area contributed by atoms with E-state index in [-0.39, 0.29) is 6.10 Å². The normalized spacial score (nSPS) is 21.5. The zero-order valence-electron chi connectivity index (χ0n) is 20.7. The number of carbonyl (C=O) groups is 1. The van der Waals surface area contributed by atoms with Gasteiger partial charge in [-0.1, -0.05) is 47.5 Å². The Morgan fingerprint density at radius 1 is 0.917 bits per heavy atom. The smallest absolute Gasteiger partial charge is 0.322 e. The fraction of sp³-hybridized carbons (Fsp3) is 0.286. The Kier molecular flexibility index (Phi) is 7.29. The van der Waals surface area contributed by atoms with Crippen molar-refractivity contribution in [2.24, 2.45) is 4.99 Å². The Morgan fingerprint density at radius 3 is 1.97 bits per heavy atom. The van der Waals surface area contributed by atoms with Crippen molar-refractivity contribution in [3.05, 3.63) is 93.5 Å². The largest absolute Gasteiger partial charge is 0.497 e. The van der Waals surface area contributed by atoms with Gasteiger partial charge in [0.1, 0.15) is 28.4 Å². The molecule has 1 amide bonds. The predicted octanol–water partition coefficient (Wildman–Crippen LogP) is 8.04. The molecule has 3 aromatic rings. The molecule has 0 N–H and O–H groups in total. The summed E-state index contributed by atoms with van der Waals surface area (Å²) < 4.78 is 11.6. The quantitative estimate of drug-likeness (QED) is 0.233. The van der Waals surface area contributed by atoms with Crippen LogP contribution < -0.4 is 9.47 Å². The molecule has 1 heterocycles. The number of hydrogen-bond acceptors (Lipinski definition) is 4. The van der Waals surface area contributed by atoms with Crippen LogP contribution in [0.2, 0.25) is 10.0 Å². The fourth-order valence-corrected chi connectivity index (χ4v) is 5.21. The predicted molar refractivity (Wildman–Crippen MR) is 146 cm³/mol. The third-order valence-electron chi connectivity index (χ3n) is 6.72. The molecule has 3 aromatic carbocycles. The average Bonchev–Trinajstić information content (AvgIpc) is 3.08. The number of benzene rings is 3. The summed E-state index contributed by atoms with van der Waals surface area (Å²) in [5, 5.41) is 0.516. The molecule has 2 atom stereocenters. The van der Waals surface area contributed by atoms with Crippen LogP contribution in [-0.4, -0.2) is 29.3 Å². The van der Waals surface area contributed by atoms with E-state index in [1.165, 1.54) is 4.90 Å². The molecule has 188 valence electrons. The molecule has 1 aliphatic rings. The molecule has 0 aromatic heterocycles. The third kappa shape index (κ3) is 4.45. The number of nitrogens with zero attached hydrogens (tertiary/aromatic N) is 2. The number of ether oxygens (including phenoxy) is 2. The van der Waals surface area contributed by atoms with Crippen molar-refractivity contribution in [2.75, 3.05) is 7.11 Å². The zero-order valence-corrected chi connectivity index (χ0v) is 22.9. The van der Waals surface area contributed by atoms with Gasteiger partial charge in [0.2, 0.25) is 0 Å². The van der Waals surface area contributed by atoms with Crippen LogP contribution in [0.5, 0.6) is 11.5 Å². The molecular formula is C28H27Cl3N2O3. The number of rotatable bonds is 6. The van der Waals surface area contributed by atoms with Crippen LogP contribution in [0.25, 0.3) is 0 Å². The van der Waals surface area contributed by atoms with E-state index in [1.54, 1.807) is 31.4 Å². The summed E-state index contributed by atoms with van der Waals surface area (Å²) in [4.78, 5) is 20.0. The van der Waals surface area contributed by atoms with Crippen LogP contribution in [-0.2, 0) is 11.1 Å². The monoisotopic (exact) mass is 544 g/mol. The first-order chi connectivity index (χ1) is 17.0. The minimum Gasteiger partial charge on any atom is -0.497 e. The van der Waals surface area contributed by atoms with Gasteiger partial charge in [-0.15, -0.1) is 0 Å². The van der Waals surface area contributed by atoms with Gasteiger partial charge in [-0.25, -0.2) is 0 Å². The Bertz CT molecular complexity index is 1310. The second kappa shape index (κ2) is 9.97. The van der Waals surface area contributed by atoms with Crippen molar-refractivity contribution in [3.8, 4) is 11.5 Å². The molecule has 8 heteroatoms. The van der Waals surface area contributed by atoms with E-state index in [0.29, 0.717) is 32.9 Å². The highest BCUT2D eigenvalue weighted by Crippen LogP contribution is 2.54. The van der Waals surface area contributed by atoms with Crippen molar-refractivity contribution >= 4 is 46.0 Å². The topological polar surface area (TPSA) is 51.1 Å². The first-order valence-electron chi connectivity index (χ1n) is 11.5. The van der Waals surface area contributed by atoms with Gasteiger partial charge in [0, 0.05) is 16.1 Å². The number of aliphatic imine (C=N–C) groups is 1. The lowest BCUT2D eigenvalue weighted by molar-refractivity contribution is 0.149. The lowest BCUT2D eigenvalue weighted by Crippen LogP contribution is -2.53. The molecule has 1 aliphatic heterocycles. The van der Waals surface area contributed by atoms with Gasteiger partial charge in [0.25, 0.3) is 0 Å². The van der Waals surface area contributed by atoms with E-state index in [9.17, 15) is 4.79 Å².